The van der Waals surface area contributed by atoms with Gasteiger partial charge in [-0.15, -0.1) is 0 Å². The summed E-state index contributed by atoms with van der Waals surface area (Å²) in [6.45, 7) is 9.91. The standard InChI is InChI=1S/C18H25ClN4O2/c1-12(20-13(2)24)9-17-21-16(22-23(17)18(3,4)5)11-25-15-8-6-7-14(19)10-15/h6-8,10,12H,9,11H2,1-5H3,(H,20,24). The molecule has 6 nitrogen and oxygen atoms in total. The first kappa shape index (κ1) is 19.2. The molecule has 0 aliphatic heterocycles. The molecular formula is C18H25ClN4O2. The van der Waals surface area contributed by atoms with E-state index < -0.39 is 0 Å². The minimum absolute atomic E-state index is 0.0236. The van der Waals surface area contributed by atoms with Gasteiger partial charge >= 0.3 is 0 Å². The fourth-order valence-corrected chi connectivity index (χ4v) is 2.68. The number of benzene rings is 1. The summed E-state index contributed by atoms with van der Waals surface area (Å²) < 4.78 is 7.62. The Balaban J connectivity index is 2.15. The number of hydrogen-bond donors (Lipinski definition) is 1. The Morgan fingerprint density at radius 1 is 1.40 bits per heavy atom. The Morgan fingerprint density at radius 3 is 2.72 bits per heavy atom. The summed E-state index contributed by atoms with van der Waals surface area (Å²) >= 11 is 5.96. The van der Waals surface area contributed by atoms with Crippen molar-refractivity contribution in [3.8, 4) is 5.75 Å². The number of hydrogen-bond acceptors (Lipinski definition) is 4. The van der Waals surface area contributed by atoms with Crippen LogP contribution in [0.3, 0.4) is 0 Å². The van der Waals surface area contributed by atoms with Crippen molar-refractivity contribution in [3.05, 3.63) is 40.9 Å². The van der Waals surface area contributed by atoms with Crippen molar-refractivity contribution in [3.63, 3.8) is 0 Å². The third kappa shape index (κ3) is 5.74. The SMILES string of the molecule is CC(=O)NC(C)Cc1nc(COc2cccc(Cl)c2)nn1C(C)(C)C. The summed E-state index contributed by atoms with van der Waals surface area (Å²) in [6, 6.07) is 7.20. The summed E-state index contributed by atoms with van der Waals surface area (Å²) in [5.41, 5.74) is -0.216. The van der Waals surface area contributed by atoms with Gasteiger partial charge in [-0.1, -0.05) is 17.7 Å². The maximum Gasteiger partial charge on any atom is 0.217 e. The largest absolute Gasteiger partial charge is 0.485 e. The molecule has 0 aliphatic carbocycles. The summed E-state index contributed by atoms with van der Waals surface area (Å²) in [6.07, 6.45) is 0.598. The lowest BCUT2D eigenvalue weighted by Crippen LogP contribution is -2.34. The number of nitrogens with one attached hydrogen (secondary N) is 1. The van der Waals surface area contributed by atoms with Crippen LogP contribution in [0.5, 0.6) is 5.75 Å². The molecule has 25 heavy (non-hydrogen) atoms. The fraction of sp³-hybridized carbons (Fsp3) is 0.500. The van der Waals surface area contributed by atoms with E-state index in [0.29, 0.717) is 23.0 Å². The van der Waals surface area contributed by atoms with E-state index in [1.807, 2.05) is 23.7 Å². The fourth-order valence-electron chi connectivity index (χ4n) is 2.50. The van der Waals surface area contributed by atoms with Gasteiger partial charge in [-0.25, -0.2) is 9.67 Å². The van der Waals surface area contributed by atoms with Gasteiger partial charge in [0, 0.05) is 24.4 Å². The van der Waals surface area contributed by atoms with E-state index in [2.05, 4.69) is 36.2 Å². The molecule has 136 valence electrons. The van der Waals surface area contributed by atoms with Crippen molar-refractivity contribution < 1.29 is 9.53 Å². The van der Waals surface area contributed by atoms with Gasteiger partial charge in [-0.3, -0.25) is 4.79 Å². The first-order valence-corrected chi connectivity index (χ1v) is 8.63. The van der Waals surface area contributed by atoms with Crippen LogP contribution in [0, 0.1) is 0 Å². The van der Waals surface area contributed by atoms with Gasteiger partial charge in [-0.05, 0) is 45.9 Å². The van der Waals surface area contributed by atoms with Crippen LogP contribution in [-0.4, -0.2) is 26.7 Å². The van der Waals surface area contributed by atoms with Crippen molar-refractivity contribution >= 4 is 17.5 Å². The van der Waals surface area contributed by atoms with Crippen molar-refractivity contribution in [2.24, 2.45) is 0 Å². The third-order valence-electron chi connectivity index (χ3n) is 3.46. The van der Waals surface area contributed by atoms with Gasteiger partial charge in [0.25, 0.3) is 0 Å². The molecule has 0 saturated heterocycles. The van der Waals surface area contributed by atoms with E-state index >= 15 is 0 Å². The summed E-state index contributed by atoms with van der Waals surface area (Å²) in [5.74, 6) is 2.03. The molecule has 1 N–H and O–H groups in total. The molecule has 1 aromatic carbocycles. The molecule has 1 atom stereocenters. The number of aromatic nitrogens is 3. The molecule has 0 saturated carbocycles. The van der Waals surface area contributed by atoms with E-state index in [4.69, 9.17) is 16.3 Å². The van der Waals surface area contributed by atoms with Crippen molar-refractivity contribution in [1.82, 2.24) is 20.1 Å². The topological polar surface area (TPSA) is 69.0 Å². The molecule has 0 spiro atoms. The van der Waals surface area contributed by atoms with Crippen LogP contribution in [0.2, 0.25) is 5.02 Å². The number of nitrogens with zero attached hydrogens (tertiary/aromatic N) is 3. The highest BCUT2D eigenvalue weighted by molar-refractivity contribution is 6.30. The highest BCUT2D eigenvalue weighted by Crippen LogP contribution is 2.20. The average Bonchev–Trinajstić information content (AvgIpc) is 2.87. The molecule has 0 radical (unpaired) electrons. The van der Waals surface area contributed by atoms with Gasteiger partial charge in [-0.2, -0.15) is 5.10 Å². The first-order valence-electron chi connectivity index (χ1n) is 8.26. The van der Waals surface area contributed by atoms with Crippen LogP contribution in [0.15, 0.2) is 24.3 Å². The molecule has 1 aromatic heterocycles. The maximum absolute atomic E-state index is 11.2. The van der Waals surface area contributed by atoms with Crippen LogP contribution in [-0.2, 0) is 23.4 Å². The summed E-state index contributed by atoms with van der Waals surface area (Å²) in [4.78, 5) is 15.8. The van der Waals surface area contributed by atoms with Crippen LogP contribution < -0.4 is 10.1 Å². The molecule has 0 bridgehead atoms. The highest BCUT2D eigenvalue weighted by Gasteiger charge is 2.22. The van der Waals surface area contributed by atoms with Crippen LogP contribution in [0.4, 0.5) is 0 Å². The second-order valence-electron chi connectivity index (χ2n) is 7.08. The number of carbonyl (C=O) groups is 1. The van der Waals surface area contributed by atoms with E-state index in [0.717, 1.165) is 5.82 Å². The highest BCUT2D eigenvalue weighted by atomic mass is 35.5. The normalized spacial score (nSPS) is 12.7. The smallest absolute Gasteiger partial charge is 0.217 e. The lowest BCUT2D eigenvalue weighted by molar-refractivity contribution is -0.119. The Hall–Kier alpha value is -2.08. The second-order valence-corrected chi connectivity index (χ2v) is 7.52. The number of halogens is 1. The number of ether oxygens (including phenoxy) is 1. The van der Waals surface area contributed by atoms with Gasteiger partial charge in [0.1, 0.15) is 18.2 Å². The van der Waals surface area contributed by atoms with Crippen molar-refractivity contribution in [2.45, 2.75) is 59.2 Å². The molecule has 1 amide bonds. The zero-order valence-electron chi connectivity index (χ0n) is 15.3. The zero-order chi connectivity index (χ0) is 18.6. The average molecular weight is 365 g/mol. The Labute approximate surface area is 153 Å². The minimum atomic E-state index is -0.216. The van der Waals surface area contributed by atoms with E-state index in [9.17, 15) is 4.79 Å². The molecule has 0 aliphatic rings. The van der Waals surface area contributed by atoms with E-state index in [-0.39, 0.29) is 24.1 Å². The Kier molecular flexibility index (Phi) is 6.06. The number of amides is 1. The van der Waals surface area contributed by atoms with Crippen LogP contribution >= 0.6 is 11.6 Å². The minimum Gasteiger partial charge on any atom is -0.485 e. The lowest BCUT2D eigenvalue weighted by Gasteiger charge is -2.22. The Morgan fingerprint density at radius 2 is 2.12 bits per heavy atom. The van der Waals surface area contributed by atoms with Crippen molar-refractivity contribution in [1.29, 1.82) is 0 Å². The lowest BCUT2D eigenvalue weighted by atomic mass is 10.1. The van der Waals surface area contributed by atoms with Crippen LogP contribution in [0.1, 0.15) is 46.3 Å². The van der Waals surface area contributed by atoms with Gasteiger partial charge in [0.15, 0.2) is 5.82 Å². The monoisotopic (exact) mass is 364 g/mol. The van der Waals surface area contributed by atoms with E-state index in [1.54, 1.807) is 12.1 Å². The quantitative estimate of drug-likeness (QED) is 0.853. The third-order valence-corrected chi connectivity index (χ3v) is 3.69. The number of rotatable bonds is 6. The van der Waals surface area contributed by atoms with Gasteiger partial charge < -0.3 is 10.1 Å². The number of carbonyl (C=O) groups excluding carboxylic acids is 1. The first-order chi connectivity index (χ1) is 11.6. The van der Waals surface area contributed by atoms with E-state index in [1.165, 1.54) is 6.92 Å². The maximum atomic E-state index is 11.2. The molecule has 2 rings (SSSR count). The zero-order valence-corrected chi connectivity index (χ0v) is 16.1. The molecular weight excluding hydrogens is 340 g/mol. The van der Waals surface area contributed by atoms with Crippen LogP contribution in [0.25, 0.3) is 0 Å². The molecule has 0 fully saturated rings. The Bertz CT molecular complexity index is 737. The second kappa shape index (κ2) is 7.87. The van der Waals surface area contributed by atoms with Gasteiger partial charge in [0.05, 0.1) is 5.54 Å². The molecule has 7 heteroatoms. The molecule has 1 unspecified atom stereocenters. The van der Waals surface area contributed by atoms with Gasteiger partial charge in [0.2, 0.25) is 5.91 Å². The van der Waals surface area contributed by atoms with Crippen molar-refractivity contribution in [2.75, 3.05) is 0 Å². The predicted octanol–water partition coefficient (Wildman–Crippen LogP) is 3.33. The molecule has 1 heterocycles. The molecule has 2 aromatic rings. The predicted molar refractivity (Wildman–Crippen MR) is 97.8 cm³/mol. The summed E-state index contributed by atoms with van der Waals surface area (Å²) in [5, 5.41) is 8.08. The summed E-state index contributed by atoms with van der Waals surface area (Å²) in [7, 11) is 0.